The molecule has 11 heteroatoms. The summed E-state index contributed by atoms with van der Waals surface area (Å²) in [5.74, 6) is 0.535. The van der Waals surface area contributed by atoms with Crippen LogP contribution < -0.4 is 14.9 Å². The third-order valence-electron chi connectivity index (χ3n) is 5.89. The molecule has 4 heterocycles. The number of hydrogen-bond donors (Lipinski definition) is 2. The topological polar surface area (TPSA) is 70.4 Å². The summed E-state index contributed by atoms with van der Waals surface area (Å²) in [6.45, 7) is 10.5. The Morgan fingerprint density at radius 2 is 2.06 bits per heavy atom. The molecule has 0 radical (unpaired) electrons. The molecule has 1 aliphatic carbocycles. The fraction of sp³-hybridized carbons (Fsp3) is 0.571. The lowest BCUT2D eigenvalue weighted by Gasteiger charge is -2.44. The normalized spacial score (nSPS) is 22.1. The first kappa shape index (κ1) is 22.0. The SMILES string of the molecule is C[C@@H]1CN(c2cc(SNC3(C)CC3)cn3c(-c4nnc(C(F)F)s4)ncc23)CC(C)(C)N1. The van der Waals surface area contributed by atoms with Crippen molar-refractivity contribution in [2.75, 3.05) is 18.0 Å². The molecule has 2 N–H and O–H groups in total. The average molecular weight is 480 g/mol. The summed E-state index contributed by atoms with van der Waals surface area (Å²) in [5, 5.41) is 11.4. The highest BCUT2D eigenvalue weighted by atomic mass is 32.2. The number of imidazole rings is 1. The lowest BCUT2D eigenvalue weighted by Crippen LogP contribution is -2.61. The monoisotopic (exact) mass is 479 g/mol. The van der Waals surface area contributed by atoms with Crippen LogP contribution in [0.25, 0.3) is 16.3 Å². The van der Waals surface area contributed by atoms with E-state index in [1.807, 2.05) is 10.6 Å². The van der Waals surface area contributed by atoms with Crippen molar-refractivity contribution in [3.05, 3.63) is 23.5 Å². The van der Waals surface area contributed by atoms with Gasteiger partial charge in [0, 0.05) is 41.3 Å². The van der Waals surface area contributed by atoms with Crippen LogP contribution in [0.3, 0.4) is 0 Å². The average Bonchev–Trinajstić information content (AvgIpc) is 3.11. The number of pyridine rings is 1. The summed E-state index contributed by atoms with van der Waals surface area (Å²) >= 11 is 2.49. The molecular weight excluding hydrogens is 452 g/mol. The number of hydrogen-bond acceptors (Lipinski definition) is 8. The van der Waals surface area contributed by atoms with E-state index in [1.165, 1.54) is 0 Å². The van der Waals surface area contributed by atoms with Gasteiger partial charge in [-0.15, -0.1) is 10.2 Å². The largest absolute Gasteiger partial charge is 0.366 e. The van der Waals surface area contributed by atoms with Crippen LogP contribution in [0.2, 0.25) is 0 Å². The summed E-state index contributed by atoms with van der Waals surface area (Å²) in [6.07, 6.45) is 3.50. The molecule has 0 amide bonds. The van der Waals surface area contributed by atoms with E-state index in [1.54, 1.807) is 18.1 Å². The zero-order valence-corrected chi connectivity index (χ0v) is 20.2. The summed E-state index contributed by atoms with van der Waals surface area (Å²) in [5.41, 5.74) is 2.15. The van der Waals surface area contributed by atoms with Gasteiger partial charge in [0.1, 0.15) is 0 Å². The van der Waals surface area contributed by atoms with Gasteiger partial charge in [-0.1, -0.05) is 11.3 Å². The van der Waals surface area contributed by atoms with Crippen molar-refractivity contribution in [2.24, 2.45) is 0 Å². The number of nitrogens with one attached hydrogen (secondary N) is 2. The second kappa shape index (κ2) is 7.89. The van der Waals surface area contributed by atoms with Crippen LogP contribution in [-0.2, 0) is 0 Å². The van der Waals surface area contributed by atoms with Gasteiger partial charge in [0.15, 0.2) is 15.8 Å². The number of nitrogens with zero attached hydrogens (tertiary/aromatic N) is 5. The highest BCUT2D eigenvalue weighted by Gasteiger charge is 2.37. The highest BCUT2D eigenvalue weighted by Crippen LogP contribution is 2.39. The van der Waals surface area contributed by atoms with E-state index in [-0.39, 0.29) is 16.1 Å². The van der Waals surface area contributed by atoms with Gasteiger partial charge in [-0.3, -0.25) is 9.12 Å². The summed E-state index contributed by atoms with van der Waals surface area (Å²) in [4.78, 5) is 7.99. The van der Waals surface area contributed by atoms with Crippen LogP contribution in [0.4, 0.5) is 14.5 Å². The van der Waals surface area contributed by atoms with Crippen molar-refractivity contribution >= 4 is 34.5 Å². The minimum atomic E-state index is -2.64. The van der Waals surface area contributed by atoms with Gasteiger partial charge in [0.2, 0.25) is 0 Å². The van der Waals surface area contributed by atoms with Crippen LogP contribution in [0, 0.1) is 0 Å². The number of aromatic nitrogens is 4. The number of alkyl halides is 2. The molecule has 2 fully saturated rings. The Morgan fingerprint density at radius 3 is 2.72 bits per heavy atom. The first-order valence-electron chi connectivity index (χ1n) is 10.7. The van der Waals surface area contributed by atoms with E-state index in [0.717, 1.165) is 53.4 Å². The van der Waals surface area contributed by atoms with Gasteiger partial charge < -0.3 is 10.2 Å². The summed E-state index contributed by atoms with van der Waals surface area (Å²) in [7, 11) is 0. The van der Waals surface area contributed by atoms with E-state index in [0.29, 0.717) is 16.9 Å². The molecule has 0 spiro atoms. The molecule has 2 aliphatic rings. The maximum absolute atomic E-state index is 13.1. The second-order valence-electron chi connectivity index (χ2n) is 9.72. The standard InChI is InChI=1S/C21H27F2N7S2/c1-12-9-29(11-20(2,3)25-12)14-7-13(32-28-21(4)5-6-21)10-30-15(14)8-24-17(30)19-27-26-18(31-19)16(22)23/h7-8,10,12,16,25,28H,5-6,9,11H2,1-4H3/t12-/m1/s1. The van der Waals surface area contributed by atoms with Crippen LogP contribution in [0.1, 0.15) is 52.0 Å². The van der Waals surface area contributed by atoms with Gasteiger partial charge in [0.25, 0.3) is 6.43 Å². The molecule has 32 heavy (non-hydrogen) atoms. The molecule has 3 aromatic heterocycles. The lowest BCUT2D eigenvalue weighted by atomic mass is 9.98. The Bertz CT molecular complexity index is 1140. The van der Waals surface area contributed by atoms with E-state index in [2.05, 4.69) is 63.9 Å². The number of piperazine rings is 1. The van der Waals surface area contributed by atoms with Crippen molar-refractivity contribution in [1.29, 1.82) is 0 Å². The molecule has 3 aromatic rings. The summed E-state index contributed by atoms with van der Waals surface area (Å²) < 4.78 is 31.7. The van der Waals surface area contributed by atoms with Crippen molar-refractivity contribution in [3.63, 3.8) is 0 Å². The highest BCUT2D eigenvalue weighted by molar-refractivity contribution is 7.97. The van der Waals surface area contributed by atoms with Gasteiger partial charge >= 0.3 is 0 Å². The minimum absolute atomic E-state index is 0.0359. The number of anilines is 1. The molecule has 0 unspecified atom stereocenters. The number of fused-ring (bicyclic) bond motifs is 1. The van der Waals surface area contributed by atoms with Crippen LogP contribution in [0.5, 0.6) is 0 Å². The van der Waals surface area contributed by atoms with E-state index in [4.69, 9.17) is 0 Å². The molecule has 1 saturated carbocycles. The fourth-order valence-corrected chi connectivity index (χ4v) is 5.81. The Kier molecular flexibility index (Phi) is 5.43. The van der Waals surface area contributed by atoms with Gasteiger partial charge in [-0.05, 0) is 58.6 Å². The van der Waals surface area contributed by atoms with Gasteiger partial charge in [0.05, 0.1) is 17.4 Å². The predicted molar refractivity (Wildman–Crippen MR) is 125 cm³/mol. The third kappa shape index (κ3) is 4.35. The molecule has 7 nitrogen and oxygen atoms in total. The van der Waals surface area contributed by atoms with Crippen LogP contribution in [-0.4, -0.2) is 49.8 Å². The smallest absolute Gasteiger partial charge is 0.291 e. The zero-order chi connectivity index (χ0) is 22.7. The van der Waals surface area contributed by atoms with E-state index < -0.39 is 6.43 Å². The molecule has 0 aromatic carbocycles. The molecule has 1 aliphatic heterocycles. The van der Waals surface area contributed by atoms with Crippen LogP contribution in [0.15, 0.2) is 23.4 Å². The molecular formula is C21H27F2N7S2. The predicted octanol–water partition coefficient (Wildman–Crippen LogP) is 4.52. The number of halogens is 2. The first-order valence-corrected chi connectivity index (χ1v) is 12.4. The van der Waals surface area contributed by atoms with Crippen LogP contribution >= 0.6 is 23.3 Å². The second-order valence-corrected chi connectivity index (χ2v) is 11.6. The minimum Gasteiger partial charge on any atom is -0.366 e. The molecule has 1 saturated heterocycles. The number of rotatable bonds is 6. The lowest BCUT2D eigenvalue weighted by molar-refractivity contribution is 0.150. The molecule has 5 rings (SSSR count). The Labute approximate surface area is 194 Å². The first-order chi connectivity index (χ1) is 15.1. The third-order valence-corrected chi connectivity index (χ3v) is 7.87. The molecule has 0 bridgehead atoms. The Balaban J connectivity index is 1.59. The maximum Gasteiger partial charge on any atom is 0.291 e. The summed E-state index contributed by atoms with van der Waals surface area (Å²) in [6, 6.07) is 2.53. The Hall–Kier alpha value is -1.82. The maximum atomic E-state index is 13.1. The Morgan fingerprint density at radius 1 is 1.28 bits per heavy atom. The quantitative estimate of drug-likeness (QED) is 0.504. The van der Waals surface area contributed by atoms with E-state index in [9.17, 15) is 8.78 Å². The van der Waals surface area contributed by atoms with Crippen molar-refractivity contribution < 1.29 is 8.78 Å². The van der Waals surface area contributed by atoms with E-state index >= 15 is 0 Å². The van der Waals surface area contributed by atoms with Gasteiger partial charge in [-0.25, -0.2) is 13.8 Å². The fourth-order valence-electron chi connectivity index (χ4n) is 4.22. The van der Waals surface area contributed by atoms with Crippen molar-refractivity contribution in [1.82, 2.24) is 29.6 Å². The molecule has 172 valence electrons. The van der Waals surface area contributed by atoms with Crippen molar-refractivity contribution in [3.8, 4) is 10.8 Å². The molecule has 1 atom stereocenters. The van der Waals surface area contributed by atoms with Crippen molar-refractivity contribution in [2.45, 2.75) is 69.0 Å². The van der Waals surface area contributed by atoms with Gasteiger partial charge in [-0.2, -0.15) is 0 Å². The zero-order valence-electron chi connectivity index (χ0n) is 18.5.